The lowest BCUT2D eigenvalue weighted by molar-refractivity contribution is 0.337. The van der Waals surface area contributed by atoms with Crippen LogP contribution >= 0.6 is 11.3 Å². The van der Waals surface area contributed by atoms with Crippen LogP contribution in [0.5, 0.6) is 10.8 Å². The molecule has 4 heteroatoms. The summed E-state index contributed by atoms with van der Waals surface area (Å²) in [5.74, 6) is 1.06. The van der Waals surface area contributed by atoms with Crippen LogP contribution in [0.3, 0.4) is 0 Å². The molecule has 1 aromatic heterocycles. The van der Waals surface area contributed by atoms with Crippen molar-refractivity contribution in [2.75, 3.05) is 13.7 Å². The molecule has 0 saturated heterocycles. The van der Waals surface area contributed by atoms with Crippen LogP contribution in [-0.4, -0.2) is 13.7 Å². The SMILES string of the molecule is COc1c(OCC#N)sc(-c2ccccc2)c1C(C)C. The molecule has 0 aliphatic heterocycles. The molecule has 2 rings (SSSR count). The van der Waals surface area contributed by atoms with Gasteiger partial charge >= 0.3 is 0 Å². The van der Waals surface area contributed by atoms with E-state index in [9.17, 15) is 0 Å². The molecular weight excluding hydrogens is 270 g/mol. The summed E-state index contributed by atoms with van der Waals surface area (Å²) in [7, 11) is 1.64. The molecule has 0 aliphatic rings. The molecule has 0 radical (unpaired) electrons. The molecule has 0 aliphatic carbocycles. The number of ether oxygens (including phenoxy) is 2. The number of hydrogen-bond acceptors (Lipinski definition) is 4. The minimum Gasteiger partial charge on any atom is -0.492 e. The van der Waals surface area contributed by atoms with Crippen LogP contribution in [0.2, 0.25) is 0 Å². The Balaban J connectivity index is 2.56. The van der Waals surface area contributed by atoms with E-state index in [1.807, 2.05) is 24.3 Å². The molecule has 0 amide bonds. The molecule has 1 heterocycles. The Labute approximate surface area is 123 Å². The molecular formula is C16H17NO2S. The van der Waals surface area contributed by atoms with Gasteiger partial charge in [-0.25, -0.2) is 0 Å². The van der Waals surface area contributed by atoms with Gasteiger partial charge in [0.05, 0.1) is 7.11 Å². The van der Waals surface area contributed by atoms with E-state index in [0.29, 0.717) is 11.0 Å². The van der Waals surface area contributed by atoms with Crippen molar-refractivity contribution in [1.29, 1.82) is 5.26 Å². The minimum atomic E-state index is 0.0304. The van der Waals surface area contributed by atoms with Gasteiger partial charge in [-0.15, -0.1) is 0 Å². The Kier molecular flexibility index (Phi) is 4.65. The normalized spacial score (nSPS) is 10.3. The maximum Gasteiger partial charge on any atom is 0.218 e. The molecule has 0 saturated carbocycles. The van der Waals surface area contributed by atoms with E-state index >= 15 is 0 Å². The van der Waals surface area contributed by atoms with Crippen molar-refractivity contribution in [3.05, 3.63) is 35.9 Å². The van der Waals surface area contributed by atoms with Crippen molar-refractivity contribution in [3.63, 3.8) is 0 Å². The first kappa shape index (κ1) is 14.4. The zero-order valence-electron chi connectivity index (χ0n) is 11.8. The third-order valence-corrected chi connectivity index (χ3v) is 4.10. The molecule has 1 aromatic carbocycles. The fourth-order valence-corrected chi connectivity index (χ4v) is 3.40. The van der Waals surface area contributed by atoms with Crippen LogP contribution < -0.4 is 9.47 Å². The number of rotatable bonds is 5. The molecule has 0 spiro atoms. The first-order chi connectivity index (χ1) is 9.69. The average molecular weight is 287 g/mol. The first-order valence-electron chi connectivity index (χ1n) is 6.44. The summed E-state index contributed by atoms with van der Waals surface area (Å²) in [6.07, 6.45) is 0. The fraction of sp³-hybridized carbons (Fsp3) is 0.312. The number of thiophene rings is 1. The van der Waals surface area contributed by atoms with E-state index in [2.05, 4.69) is 26.0 Å². The lowest BCUT2D eigenvalue weighted by atomic mass is 9.99. The maximum atomic E-state index is 8.68. The quantitative estimate of drug-likeness (QED) is 0.816. The Morgan fingerprint density at radius 3 is 2.50 bits per heavy atom. The standard InChI is InChI=1S/C16H17NO2S/c1-11(2)13-14(18-3)16(19-10-9-17)20-15(13)12-7-5-4-6-8-12/h4-8,11H,10H2,1-3H3. The lowest BCUT2D eigenvalue weighted by Crippen LogP contribution is -1.96. The fourth-order valence-electron chi connectivity index (χ4n) is 2.12. The monoisotopic (exact) mass is 287 g/mol. The smallest absolute Gasteiger partial charge is 0.218 e. The van der Waals surface area contributed by atoms with Gasteiger partial charge in [-0.2, -0.15) is 5.26 Å². The summed E-state index contributed by atoms with van der Waals surface area (Å²) in [4.78, 5) is 1.14. The number of benzene rings is 1. The van der Waals surface area contributed by atoms with Gasteiger partial charge in [-0.05, 0) is 11.5 Å². The summed E-state index contributed by atoms with van der Waals surface area (Å²) >= 11 is 1.53. The lowest BCUT2D eigenvalue weighted by Gasteiger charge is -2.10. The average Bonchev–Trinajstić information content (AvgIpc) is 2.84. The third kappa shape index (κ3) is 2.78. The highest BCUT2D eigenvalue weighted by Crippen LogP contribution is 2.50. The van der Waals surface area contributed by atoms with Gasteiger partial charge in [0.2, 0.25) is 5.06 Å². The molecule has 2 aromatic rings. The third-order valence-electron chi connectivity index (χ3n) is 2.95. The van der Waals surface area contributed by atoms with Crippen LogP contribution in [0.4, 0.5) is 0 Å². The van der Waals surface area contributed by atoms with E-state index in [1.165, 1.54) is 11.3 Å². The summed E-state index contributed by atoms with van der Waals surface area (Å²) in [5.41, 5.74) is 2.28. The zero-order valence-corrected chi connectivity index (χ0v) is 12.7. The van der Waals surface area contributed by atoms with Gasteiger partial charge < -0.3 is 9.47 Å². The van der Waals surface area contributed by atoms with Crippen molar-refractivity contribution in [3.8, 4) is 27.3 Å². The largest absolute Gasteiger partial charge is 0.492 e. The van der Waals surface area contributed by atoms with Crippen LogP contribution in [-0.2, 0) is 0 Å². The zero-order chi connectivity index (χ0) is 14.5. The Morgan fingerprint density at radius 2 is 1.95 bits per heavy atom. The molecule has 0 bridgehead atoms. The topological polar surface area (TPSA) is 42.2 Å². The first-order valence-corrected chi connectivity index (χ1v) is 7.26. The summed E-state index contributed by atoms with van der Waals surface area (Å²) in [5, 5.41) is 9.36. The van der Waals surface area contributed by atoms with E-state index < -0.39 is 0 Å². The maximum absolute atomic E-state index is 8.68. The van der Waals surface area contributed by atoms with Gasteiger partial charge in [0.1, 0.15) is 6.07 Å². The van der Waals surface area contributed by atoms with Gasteiger partial charge in [0.15, 0.2) is 12.4 Å². The van der Waals surface area contributed by atoms with Crippen LogP contribution in [0.15, 0.2) is 30.3 Å². The van der Waals surface area contributed by atoms with Crippen molar-refractivity contribution in [2.24, 2.45) is 0 Å². The van der Waals surface area contributed by atoms with Crippen molar-refractivity contribution in [2.45, 2.75) is 19.8 Å². The van der Waals surface area contributed by atoms with Crippen LogP contribution in [0, 0.1) is 11.3 Å². The Hall–Kier alpha value is -1.99. The summed E-state index contributed by atoms with van der Waals surface area (Å²) in [6.45, 7) is 4.29. The Morgan fingerprint density at radius 1 is 1.25 bits per heavy atom. The molecule has 104 valence electrons. The highest BCUT2D eigenvalue weighted by Gasteiger charge is 2.23. The molecule has 20 heavy (non-hydrogen) atoms. The van der Waals surface area contributed by atoms with Crippen molar-refractivity contribution < 1.29 is 9.47 Å². The second-order valence-electron chi connectivity index (χ2n) is 4.63. The summed E-state index contributed by atoms with van der Waals surface area (Å²) in [6, 6.07) is 12.2. The highest BCUT2D eigenvalue weighted by molar-refractivity contribution is 7.18. The Bertz CT molecular complexity index is 611. The van der Waals surface area contributed by atoms with Crippen LogP contribution in [0.1, 0.15) is 25.3 Å². The van der Waals surface area contributed by atoms with Gasteiger partial charge in [0, 0.05) is 10.4 Å². The van der Waals surface area contributed by atoms with Crippen LogP contribution in [0.25, 0.3) is 10.4 Å². The predicted molar refractivity (Wildman–Crippen MR) is 81.5 cm³/mol. The number of nitriles is 1. The highest BCUT2D eigenvalue weighted by atomic mass is 32.1. The van der Waals surface area contributed by atoms with Crippen molar-refractivity contribution >= 4 is 11.3 Å². The van der Waals surface area contributed by atoms with Gasteiger partial charge in [0.25, 0.3) is 0 Å². The van der Waals surface area contributed by atoms with Crippen molar-refractivity contribution in [1.82, 2.24) is 0 Å². The second kappa shape index (κ2) is 6.44. The van der Waals surface area contributed by atoms with Gasteiger partial charge in [-0.1, -0.05) is 55.5 Å². The number of methoxy groups -OCH3 is 1. The molecule has 3 nitrogen and oxygen atoms in total. The van der Waals surface area contributed by atoms with Gasteiger partial charge in [-0.3, -0.25) is 0 Å². The minimum absolute atomic E-state index is 0.0304. The van der Waals surface area contributed by atoms with E-state index in [0.717, 1.165) is 21.8 Å². The number of hydrogen-bond donors (Lipinski definition) is 0. The molecule has 0 N–H and O–H groups in total. The van der Waals surface area contributed by atoms with E-state index in [4.69, 9.17) is 14.7 Å². The molecule has 0 unspecified atom stereocenters. The predicted octanol–water partition coefficient (Wildman–Crippen LogP) is 4.45. The second-order valence-corrected chi connectivity index (χ2v) is 5.62. The molecule has 0 fully saturated rings. The summed E-state index contributed by atoms with van der Waals surface area (Å²) < 4.78 is 11.0. The molecule has 0 atom stereocenters. The van der Waals surface area contributed by atoms with E-state index in [-0.39, 0.29) is 6.61 Å². The number of nitrogens with zero attached hydrogens (tertiary/aromatic N) is 1. The van der Waals surface area contributed by atoms with E-state index in [1.54, 1.807) is 7.11 Å².